The molecule has 0 radical (unpaired) electrons. The standard InChI is InChI=1S/C15H14N2O2S/c18-14(19)13(11-4-2-1-3-5-11)7-6-12-10-17-8-9-20-15(17)16-12/h1-5,8-10,13H,6-7H2,(H,18,19). The first-order chi connectivity index (χ1) is 9.74. The molecule has 4 nitrogen and oxygen atoms in total. The van der Waals surface area contributed by atoms with Gasteiger partial charge in [0.1, 0.15) is 0 Å². The normalized spacial score (nSPS) is 12.6. The molecule has 5 heteroatoms. The molecule has 1 N–H and O–H groups in total. The Bertz CT molecular complexity index is 689. The van der Waals surface area contributed by atoms with Crippen molar-refractivity contribution in [1.29, 1.82) is 0 Å². The molecule has 3 aromatic rings. The molecule has 102 valence electrons. The van der Waals surface area contributed by atoms with E-state index in [9.17, 15) is 9.90 Å². The predicted octanol–water partition coefficient (Wildman–Crippen LogP) is 3.20. The third-order valence-electron chi connectivity index (χ3n) is 3.33. The molecule has 1 unspecified atom stereocenters. The second-order valence-corrected chi connectivity index (χ2v) is 5.54. The number of aryl methyl sites for hydroxylation is 1. The third kappa shape index (κ3) is 2.58. The summed E-state index contributed by atoms with van der Waals surface area (Å²) in [7, 11) is 0. The summed E-state index contributed by atoms with van der Waals surface area (Å²) in [5, 5.41) is 11.4. The van der Waals surface area contributed by atoms with E-state index in [2.05, 4.69) is 4.98 Å². The summed E-state index contributed by atoms with van der Waals surface area (Å²) < 4.78 is 1.97. The summed E-state index contributed by atoms with van der Waals surface area (Å²) >= 11 is 1.58. The van der Waals surface area contributed by atoms with Crippen LogP contribution in [0.15, 0.2) is 48.1 Å². The highest BCUT2D eigenvalue weighted by Gasteiger charge is 2.19. The summed E-state index contributed by atoms with van der Waals surface area (Å²) in [6.45, 7) is 0. The molecular weight excluding hydrogens is 272 g/mol. The average molecular weight is 286 g/mol. The van der Waals surface area contributed by atoms with E-state index in [0.717, 1.165) is 16.2 Å². The predicted molar refractivity (Wildman–Crippen MR) is 78.2 cm³/mol. The number of aliphatic carboxylic acids is 1. The number of thiazole rings is 1. The highest BCUT2D eigenvalue weighted by atomic mass is 32.1. The van der Waals surface area contributed by atoms with E-state index in [1.54, 1.807) is 11.3 Å². The van der Waals surface area contributed by atoms with Crippen LogP contribution in [0.1, 0.15) is 23.6 Å². The zero-order valence-electron chi connectivity index (χ0n) is 10.8. The van der Waals surface area contributed by atoms with Gasteiger partial charge in [-0.3, -0.25) is 9.20 Å². The fourth-order valence-corrected chi connectivity index (χ4v) is 3.03. The molecule has 2 aromatic heterocycles. The van der Waals surface area contributed by atoms with Crippen LogP contribution in [0.2, 0.25) is 0 Å². The smallest absolute Gasteiger partial charge is 0.310 e. The van der Waals surface area contributed by atoms with Gasteiger partial charge >= 0.3 is 5.97 Å². The topological polar surface area (TPSA) is 54.6 Å². The molecule has 0 amide bonds. The molecule has 3 rings (SSSR count). The lowest BCUT2D eigenvalue weighted by molar-refractivity contribution is -0.138. The Morgan fingerprint density at radius 3 is 2.85 bits per heavy atom. The number of hydrogen-bond donors (Lipinski definition) is 1. The first kappa shape index (κ1) is 12.9. The van der Waals surface area contributed by atoms with E-state index in [-0.39, 0.29) is 0 Å². The highest BCUT2D eigenvalue weighted by Crippen LogP contribution is 2.22. The molecule has 2 heterocycles. The largest absolute Gasteiger partial charge is 0.481 e. The first-order valence-corrected chi connectivity index (χ1v) is 7.31. The molecule has 0 aliphatic carbocycles. The van der Waals surface area contributed by atoms with E-state index in [0.29, 0.717) is 12.8 Å². The Hall–Kier alpha value is -2.14. The van der Waals surface area contributed by atoms with E-state index in [1.165, 1.54) is 0 Å². The van der Waals surface area contributed by atoms with Crippen LogP contribution in [-0.4, -0.2) is 20.5 Å². The lowest BCUT2D eigenvalue weighted by Gasteiger charge is -2.11. The summed E-state index contributed by atoms with van der Waals surface area (Å²) in [6.07, 6.45) is 5.16. The molecule has 20 heavy (non-hydrogen) atoms. The van der Waals surface area contributed by atoms with E-state index in [1.807, 2.05) is 52.5 Å². The minimum Gasteiger partial charge on any atom is -0.481 e. The molecule has 0 fully saturated rings. The maximum atomic E-state index is 11.4. The number of imidazole rings is 1. The zero-order valence-corrected chi connectivity index (χ0v) is 11.6. The fourth-order valence-electron chi connectivity index (χ4n) is 2.31. The van der Waals surface area contributed by atoms with Gasteiger partial charge in [0.2, 0.25) is 0 Å². The van der Waals surface area contributed by atoms with Gasteiger partial charge in [-0.05, 0) is 18.4 Å². The maximum absolute atomic E-state index is 11.4. The van der Waals surface area contributed by atoms with Crippen LogP contribution in [0.5, 0.6) is 0 Å². The number of carboxylic acid groups (broad SMARTS) is 1. The van der Waals surface area contributed by atoms with Gasteiger partial charge in [0.05, 0.1) is 11.6 Å². The van der Waals surface area contributed by atoms with Crippen molar-refractivity contribution in [2.75, 3.05) is 0 Å². The molecule has 0 saturated heterocycles. The number of nitrogens with zero attached hydrogens (tertiary/aromatic N) is 2. The third-order valence-corrected chi connectivity index (χ3v) is 4.10. The monoisotopic (exact) mass is 286 g/mol. The van der Waals surface area contributed by atoms with Gasteiger partial charge in [-0.15, -0.1) is 11.3 Å². The van der Waals surface area contributed by atoms with E-state index >= 15 is 0 Å². The van der Waals surface area contributed by atoms with E-state index < -0.39 is 11.9 Å². The van der Waals surface area contributed by atoms with Crippen LogP contribution >= 0.6 is 11.3 Å². The number of carboxylic acids is 1. The van der Waals surface area contributed by atoms with Crippen molar-refractivity contribution in [1.82, 2.24) is 9.38 Å². The molecule has 0 bridgehead atoms. The lowest BCUT2D eigenvalue weighted by atomic mass is 9.94. The summed E-state index contributed by atoms with van der Waals surface area (Å²) in [5.41, 5.74) is 1.79. The van der Waals surface area contributed by atoms with Crippen molar-refractivity contribution in [3.05, 3.63) is 59.4 Å². The van der Waals surface area contributed by atoms with Gasteiger partial charge < -0.3 is 5.11 Å². The summed E-state index contributed by atoms with van der Waals surface area (Å²) in [5.74, 6) is -1.26. The quantitative estimate of drug-likeness (QED) is 0.783. The number of benzene rings is 1. The van der Waals surface area contributed by atoms with Gasteiger partial charge in [-0.2, -0.15) is 0 Å². The minimum atomic E-state index is -0.780. The Morgan fingerprint density at radius 2 is 2.15 bits per heavy atom. The van der Waals surface area contributed by atoms with Crippen molar-refractivity contribution in [2.24, 2.45) is 0 Å². The summed E-state index contributed by atoms with van der Waals surface area (Å²) in [6, 6.07) is 9.37. The van der Waals surface area contributed by atoms with Gasteiger partial charge in [0.25, 0.3) is 0 Å². The molecule has 0 aliphatic heterocycles. The maximum Gasteiger partial charge on any atom is 0.310 e. The Labute approximate surface area is 120 Å². The number of hydrogen-bond acceptors (Lipinski definition) is 3. The molecule has 0 saturated carbocycles. The van der Waals surface area contributed by atoms with Crippen LogP contribution in [0.4, 0.5) is 0 Å². The molecule has 0 aliphatic rings. The second-order valence-electron chi connectivity index (χ2n) is 4.67. The number of aromatic nitrogens is 2. The van der Waals surface area contributed by atoms with Crippen LogP contribution < -0.4 is 0 Å². The summed E-state index contributed by atoms with van der Waals surface area (Å²) in [4.78, 5) is 16.9. The SMILES string of the molecule is O=C(O)C(CCc1cn2ccsc2n1)c1ccccc1. The Morgan fingerprint density at radius 1 is 1.35 bits per heavy atom. The van der Waals surface area contributed by atoms with Gasteiger partial charge in [0, 0.05) is 17.8 Å². The van der Waals surface area contributed by atoms with Crippen LogP contribution in [-0.2, 0) is 11.2 Å². The molecule has 0 spiro atoms. The fraction of sp³-hybridized carbons (Fsp3) is 0.200. The number of rotatable bonds is 5. The molecular formula is C15H14N2O2S. The lowest BCUT2D eigenvalue weighted by Crippen LogP contribution is -2.12. The Balaban J connectivity index is 1.74. The zero-order chi connectivity index (χ0) is 13.9. The van der Waals surface area contributed by atoms with E-state index in [4.69, 9.17) is 0 Å². The minimum absolute atomic E-state index is 0.476. The number of fused-ring (bicyclic) bond motifs is 1. The van der Waals surface area contributed by atoms with Gasteiger partial charge in [0.15, 0.2) is 4.96 Å². The van der Waals surface area contributed by atoms with Crippen LogP contribution in [0, 0.1) is 0 Å². The van der Waals surface area contributed by atoms with Gasteiger partial charge in [-0.25, -0.2) is 4.98 Å². The molecule has 1 atom stereocenters. The van der Waals surface area contributed by atoms with Gasteiger partial charge in [-0.1, -0.05) is 30.3 Å². The highest BCUT2D eigenvalue weighted by molar-refractivity contribution is 7.15. The van der Waals surface area contributed by atoms with Crippen molar-refractivity contribution in [3.63, 3.8) is 0 Å². The van der Waals surface area contributed by atoms with Crippen molar-refractivity contribution in [3.8, 4) is 0 Å². The van der Waals surface area contributed by atoms with Crippen LogP contribution in [0.3, 0.4) is 0 Å². The van der Waals surface area contributed by atoms with Crippen LogP contribution in [0.25, 0.3) is 4.96 Å². The Kier molecular flexibility index (Phi) is 3.52. The second kappa shape index (κ2) is 5.46. The van der Waals surface area contributed by atoms with Crippen molar-refractivity contribution in [2.45, 2.75) is 18.8 Å². The average Bonchev–Trinajstić information content (AvgIpc) is 3.00. The van der Waals surface area contributed by atoms with Crippen molar-refractivity contribution < 1.29 is 9.90 Å². The van der Waals surface area contributed by atoms with Crippen molar-refractivity contribution >= 4 is 22.3 Å². The first-order valence-electron chi connectivity index (χ1n) is 6.43. The number of carbonyl (C=O) groups is 1. The molecule has 1 aromatic carbocycles.